The number of carboxylic acids is 2. The van der Waals surface area contributed by atoms with Crippen molar-refractivity contribution in [3.05, 3.63) is 30.3 Å². The molecule has 7 nitrogen and oxygen atoms in total. The van der Waals surface area contributed by atoms with Crippen molar-refractivity contribution in [2.24, 2.45) is 0 Å². The summed E-state index contributed by atoms with van der Waals surface area (Å²) in [5.74, 6) is -3.10. The SMILES string of the molecule is O=C([O-])C(=O)O.c1ccc([O+]=C(NC2CCCCC2)NC2CCCCC2)cc1. The number of amides is 2. The lowest BCUT2D eigenvalue weighted by Crippen LogP contribution is -2.47. The zero-order valence-electron chi connectivity index (χ0n) is 16.2. The van der Waals surface area contributed by atoms with Gasteiger partial charge in [-0.1, -0.05) is 56.7 Å². The Bertz CT molecular complexity index is 601. The van der Waals surface area contributed by atoms with Crippen LogP contribution < -0.4 is 15.7 Å². The van der Waals surface area contributed by atoms with E-state index in [4.69, 9.17) is 24.2 Å². The highest BCUT2D eigenvalue weighted by atomic mass is 16.4. The predicted molar refractivity (Wildman–Crippen MR) is 104 cm³/mol. The average Bonchev–Trinajstić information content (AvgIpc) is 2.71. The summed E-state index contributed by atoms with van der Waals surface area (Å²) in [7, 11) is 0. The molecule has 0 unspecified atom stereocenters. The molecule has 2 aliphatic rings. The van der Waals surface area contributed by atoms with Crippen LogP contribution in [0.1, 0.15) is 64.2 Å². The first-order valence-electron chi connectivity index (χ1n) is 10.1. The minimum Gasteiger partial charge on any atom is -0.539 e. The molecule has 3 N–H and O–H groups in total. The van der Waals surface area contributed by atoms with Gasteiger partial charge in [-0.15, -0.1) is 0 Å². The van der Waals surface area contributed by atoms with E-state index in [1.807, 2.05) is 30.3 Å². The van der Waals surface area contributed by atoms with Gasteiger partial charge < -0.3 is 15.0 Å². The van der Waals surface area contributed by atoms with Crippen molar-refractivity contribution in [1.29, 1.82) is 0 Å². The van der Waals surface area contributed by atoms with Crippen LogP contribution in [0.15, 0.2) is 30.3 Å². The van der Waals surface area contributed by atoms with Crippen LogP contribution in [0, 0.1) is 0 Å². The third-order valence-electron chi connectivity index (χ3n) is 5.02. The summed E-state index contributed by atoms with van der Waals surface area (Å²) in [6.45, 7) is 0. The monoisotopic (exact) mass is 390 g/mol. The summed E-state index contributed by atoms with van der Waals surface area (Å²) in [5, 5.41) is 23.6. The number of hydrogen-bond donors (Lipinski definition) is 3. The van der Waals surface area contributed by atoms with Crippen molar-refractivity contribution < 1.29 is 24.2 Å². The molecule has 0 heterocycles. The zero-order chi connectivity index (χ0) is 20.2. The predicted octanol–water partition coefficient (Wildman–Crippen LogP) is 2.72. The summed E-state index contributed by atoms with van der Waals surface area (Å²) in [5.41, 5.74) is 0. The fourth-order valence-corrected chi connectivity index (χ4v) is 3.57. The van der Waals surface area contributed by atoms with Gasteiger partial charge in [0.2, 0.25) is 0 Å². The Kier molecular flexibility index (Phi) is 9.31. The zero-order valence-corrected chi connectivity index (χ0v) is 16.2. The molecule has 2 amide bonds. The topological polar surface area (TPSA) is 113 Å². The number of benzene rings is 1. The maximum Gasteiger partial charge on any atom is 0.509 e. The Morgan fingerprint density at radius 3 is 1.68 bits per heavy atom. The van der Waals surface area contributed by atoms with Crippen molar-refractivity contribution in [3.8, 4) is 5.75 Å². The minimum atomic E-state index is -2.07. The lowest BCUT2D eigenvalue weighted by Gasteiger charge is -2.24. The molecule has 28 heavy (non-hydrogen) atoms. The van der Waals surface area contributed by atoms with Crippen LogP contribution in [-0.4, -0.2) is 35.2 Å². The molecule has 1 aromatic carbocycles. The standard InChI is InChI=1S/C19H29N2O.C2H2O4/c1-4-10-16(11-5-1)20-19(21-17-12-6-2-7-13-17)22-18-14-8-3-9-15-18;3-1(4)2(5)6/h3,8-9,14-17,20-21H,1-2,4-7,10-13H2;(H,3,4)(H,5,6)/q+1;/p-1. The van der Waals surface area contributed by atoms with E-state index in [9.17, 15) is 0 Å². The lowest BCUT2D eigenvalue weighted by molar-refractivity contribution is -0.303. The molecule has 0 atom stereocenters. The van der Waals surface area contributed by atoms with Gasteiger partial charge in [0.25, 0.3) is 0 Å². The van der Waals surface area contributed by atoms with E-state index in [1.165, 1.54) is 64.2 Å². The fraction of sp³-hybridized carbons (Fsp3) is 0.571. The van der Waals surface area contributed by atoms with E-state index in [0.29, 0.717) is 12.1 Å². The number of rotatable bonds is 3. The van der Waals surface area contributed by atoms with Crippen LogP contribution in [0.2, 0.25) is 0 Å². The molecule has 0 aliphatic heterocycles. The van der Waals surface area contributed by atoms with Crippen LogP contribution in [0.5, 0.6) is 5.75 Å². The van der Waals surface area contributed by atoms with Gasteiger partial charge in [0.05, 0.1) is 0 Å². The van der Waals surface area contributed by atoms with Crippen LogP contribution in [0.3, 0.4) is 0 Å². The highest BCUT2D eigenvalue weighted by Crippen LogP contribution is 2.22. The maximum atomic E-state index is 9.04. The van der Waals surface area contributed by atoms with E-state index in [0.717, 1.165) is 11.8 Å². The van der Waals surface area contributed by atoms with Gasteiger partial charge >= 0.3 is 17.7 Å². The third kappa shape index (κ3) is 8.41. The van der Waals surface area contributed by atoms with Gasteiger partial charge in [0.1, 0.15) is 0 Å². The number of aliphatic carboxylic acids is 2. The molecule has 0 radical (unpaired) electrons. The number of urea groups is 1. The first-order valence-corrected chi connectivity index (χ1v) is 10.1. The molecule has 0 spiro atoms. The van der Waals surface area contributed by atoms with Crippen molar-refractivity contribution in [3.63, 3.8) is 0 Å². The van der Waals surface area contributed by atoms with Gasteiger partial charge in [-0.2, -0.15) is 4.42 Å². The highest BCUT2D eigenvalue weighted by molar-refractivity contribution is 6.26. The molecule has 154 valence electrons. The summed E-state index contributed by atoms with van der Waals surface area (Å²) in [6.07, 6.45) is 13.1. The summed E-state index contributed by atoms with van der Waals surface area (Å²) >= 11 is 0. The summed E-state index contributed by atoms with van der Waals surface area (Å²) < 4.78 is 6.11. The molecule has 1 aromatic rings. The lowest BCUT2D eigenvalue weighted by atomic mass is 9.95. The molecule has 0 aromatic heterocycles. The molecule has 2 aliphatic carbocycles. The normalized spacial score (nSPS) is 17.6. The quantitative estimate of drug-likeness (QED) is 0.544. The van der Waals surface area contributed by atoms with Gasteiger partial charge in [0.15, 0.2) is 5.97 Å². The van der Waals surface area contributed by atoms with Gasteiger partial charge in [-0.25, -0.2) is 4.79 Å². The molecule has 0 bridgehead atoms. The Morgan fingerprint density at radius 1 is 0.857 bits per heavy atom. The summed E-state index contributed by atoms with van der Waals surface area (Å²) in [6, 6.07) is 12.1. The summed E-state index contributed by atoms with van der Waals surface area (Å²) in [4.78, 5) is 18.0. The largest absolute Gasteiger partial charge is 0.539 e. The van der Waals surface area contributed by atoms with E-state index < -0.39 is 11.9 Å². The van der Waals surface area contributed by atoms with Crippen LogP contribution in [-0.2, 0) is 9.59 Å². The molecule has 3 rings (SSSR count). The molecule has 0 saturated heterocycles. The fourth-order valence-electron chi connectivity index (χ4n) is 3.57. The van der Waals surface area contributed by atoms with E-state index in [2.05, 4.69) is 10.6 Å². The van der Waals surface area contributed by atoms with Crippen molar-refractivity contribution in [2.75, 3.05) is 0 Å². The van der Waals surface area contributed by atoms with Crippen molar-refractivity contribution in [1.82, 2.24) is 10.6 Å². The van der Waals surface area contributed by atoms with Crippen LogP contribution in [0.4, 0.5) is 4.42 Å². The molecular formula is C21H30N2O5. The molecule has 7 heteroatoms. The van der Waals surface area contributed by atoms with Crippen LogP contribution in [0.25, 0.3) is 0 Å². The minimum absolute atomic E-state index is 0.559. The van der Waals surface area contributed by atoms with Crippen molar-refractivity contribution in [2.45, 2.75) is 76.3 Å². The Hall–Kier alpha value is -2.57. The number of para-hydroxylation sites is 1. The Morgan fingerprint density at radius 2 is 1.29 bits per heavy atom. The molecular weight excluding hydrogens is 360 g/mol. The van der Waals surface area contributed by atoms with Gasteiger partial charge in [-0.05, 0) is 25.7 Å². The maximum absolute atomic E-state index is 9.04. The first kappa shape index (κ1) is 21.7. The second kappa shape index (κ2) is 12.0. The Balaban J connectivity index is 0.000000409. The number of carboxylic acid groups (broad SMARTS) is 2. The Labute approximate surface area is 165 Å². The first-order chi connectivity index (χ1) is 13.5. The van der Waals surface area contributed by atoms with Crippen molar-refractivity contribution >= 4 is 18.0 Å². The van der Waals surface area contributed by atoms with Gasteiger partial charge in [-0.3, -0.25) is 10.6 Å². The van der Waals surface area contributed by atoms with Crippen LogP contribution >= 0.6 is 0 Å². The second-order valence-electron chi connectivity index (χ2n) is 7.30. The smallest absolute Gasteiger partial charge is 0.509 e. The number of hydrogen-bond acceptors (Lipinski definition) is 3. The second-order valence-corrected chi connectivity index (χ2v) is 7.30. The number of carbonyl (C=O) groups excluding carboxylic acids is 2. The third-order valence-corrected chi connectivity index (χ3v) is 5.02. The average molecular weight is 390 g/mol. The number of nitrogens with one attached hydrogen (secondary N) is 2. The molecule has 2 fully saturated rings. The van der Waals surface area contributed by atoms with Gasteiger partial charge in [0, 0.05) is 24.2 Å². The van der Waals surface area contributed by atoms with E-state index in [1.54, 1.807) is 0 Å². The van der Waals surface area contributed by atoms with E-state index in [-0.39, 0.29) is 0 Å². The highest BCUT2D eigenvalue weighted by Gasteiger charge is 2.25. The number of carbonyl (C=O) groups is 2. The van der Waals surface area contributed by atoms with E-state index >= 15 is 0 Å². The molecule has 2 saturated carbocycles.